The molecule has 2 atom stereocenters. The molecule has 6 nitrogen and oxygen atoms in total. The second-order valence-electron chi connectivity index (χ2n) is 4.11. The van der Waals surface area contributed by atoms with Crippen LogP contribution in [0.25, 0.3) is 0 Å². The van der Waals surface area contributed by atoms with Gasteiger partial charge < -0.3 is 15.4 Å². The number of likely N-dealkylation sites (N-methyl/N-ethyl adjacent to an activating group) is 1. The Labute approximate surface area is 100 Å². The summed E-state index contributed by atoms with van der Waals surface area (Å²) in [4.78, 5) is 12.0. The van der Waals surface area contributed by atoms with Crippen LogP contribution in [0, 0.1) is 5.92 Å². The highest BCUT2D eigenvalue weighted by Gasteiger charge is 2.33. The van der Waals surface area contributed by atoms with E-state index >= 15 is 0 Å². The number of carbonyl (C=O) groups is 1. The molecule has 94 valence electrons. The van der Waals surface area contributed by atoms with E-state index < -0.39 is 0 Å². The van der Waals surface area contributed by atoms with Gasteiger partial charge in [-0.25, -0.2) is 0 Å². The lowest BCUT2D eigenvalue weighted by Gasteiger charge is -2.17. The zero-order valence-electron chi connectivity index (χ0n) is 9.90. The molecule has 17 heavy (non-hydrogen) atoms. The van der Waals surface area contributed by atoms with Gasteiger partial charge in [-0.05, 0) is 12.6 Å². The summed E-state index contributed by atoms with van der Waals surface area (Å²) in [6.07, 6.45) is 1.67. The third-order valence-corrected chi connectivity index (χ3v) is 2.90. The van der Waals surface area contributed by atoms with E-state index in [1.54, 1.807) is 6.20 Å². The number of hydrogen-bond acceptors (Lipinski definition) is 4. The number of aromatic amines is 1. The summed E-state index contributed by atoms with van der Waals surface area (Å²) in [7, 11) is 0. The molecule has 1 amide bonds. The third kappa shape index (κ3) is 3.04. The monoisotopic (exact) mass is 238 g/mol. The minimum absolute atomic E-state index is 0.0306. The number of rotatable bonds is 5. The Morgan fingerprint density at radius 3 is 3.24 bits per heavy atom. The average Bonchev–Trinajstić information content (AvgIpc) is 2.97. The number of nitrogens with one attached hydrogen (secondary N) is 3. The lowest BCUT2D eigenvalue weighted by Crippen LogP contribution is -2.43. The smallest absolute Gasteiger partial charge is 0.227 e. The lowest BCUT2D eigenvalue weighted by molar-refractivity contribution is -0.125. The first-order valence-electron chi connectivity index (χ1n) is 5.88. The number of nitrogens with zero attached hydrogens (tertiary/aromatic N) is 1. The highest BCUT2D eigenvalue weighted by molar-refractivity contribution is 5.79. The lowest BCUT2D eigenvalue weighted by atomic mass is 10.0. The minimum atomic E-state index is -0.0992. The molecule has 0 aliphatic carbocycles. The van der Waals surface area contributed by atoms with Crippen molar-refractivity contribution in [2.24, 2.45) is 5.92 Å². The molecule has 1 saturated heterocycles. The van der Waals surface area contributed by atoms with Crippen molar-refractivity contribution in [1.82, 2.24) is 20.8 Å². The van der Waals surface area contributed by atoms with Crippen LogP contribution in [0.1, 0.15) is 12.6 Å². The van der Waals surface area contributed by atoms with Gasteiger partial charge in [0.15, 0.2) is 0 Å². The standard InChI is InChI=1S/C11H18N4O2/c1-2-12-10-7-17-6-9(10)11(16)13-5-8-3-4-14-15-8/h3-4,9-10,12H,2,5-7H2,1H3,(H,13,16)(H,14,15). The van der Waals surface area contributed by atoms with Crippen LogP contribution in [-0.4, -0.2) is 41.9 Å². The van der Waals surface area contributed by atoms with Crippen LogP contribution in [-0.2, 0) is 16.1 Å². The van der Waals surface area contributed by atoms with E-state index in [9.17, 15) is 4.79 Å². The van der Waals surface area contributed by atoms with Crippen LogP contribution in [0.2, 0.25) is 0 Å². The minimum Gasteiger partial charge on any atom is -0.379 e. The molecule has 1 aliphatic heterocycles. The Hall–Kier alpha value is -1.40. The van der Waals surface area contributed by atoms with Crippen molar-refractivity contribution in [1.29, 1.82) is 0 Å². The number of amides is 1. The molecule has 0 bridgehead atoms. The summed E-state index contributed by atoms with van der Waals surface area (Å²) >= 11 is 0. The molecule has 0 radical (unpaired) electrons. The molecule has 0 saturated carbocycles. The van der Waals surface area contributed by atoms with Crippen LogP contribution < -0.4 is 10.6 Å². The maximum absolute atomic E-state index is 12.0. The molecular formula is C11H18N4O2. The predicted octanol–water partition coefficient (Wildman–Crippen LogP) is -0.350. The largest absolute Gasteiger partial charge is 0.379 e. The average molecular weight is 238 g/mol. The molecular weight excluding hydrogens is 220 g/mol. The topological polar surface area (TPSA) is 79.0 Å². The molecule has 6 heteroatoms. The first-order valence-corrected chi connectivity index (χ1v) is 5.88. The summed E-state index contributed by atoms with van der Waals surface area (Å²) in [5, 5.41) is 12.8. The Kier molecular flexibility index (Phi) is 4.11. The van der Waals surface area contributed by atoms with E-state index in [1.165, 1.54) is 0 Å². The normalized spacial score (nSPS) is 23.8. The zero-order chi connectivity index (χ0) is 12.1. The molecule has 1 aliphatic rings. The maximum Gasteiger partial charge on any atom is 0.227 e. The Morgan fingerprint density at radius 2 is 2.53 bits per heavy atom. The summed E-state index contributed by atoms with van der Waals surface area (Å²) in [5.41, 5.74) is 0.900. The quantitative estimate of drug-likeness (QED) is 0.655. The summed E-state index contributed by atoms with van der Waals surface area (Å²) in [6, 6.07) is 1.97. The molecule has 3 N–H and O–H groups in total. The summed E-state index contributed by atoms with van der Waals surface area (Å²) in [5.74, 6) is -0.0686. The molecule has 1 aromatic heterocycles. The van der Waals surface area contributed by atoms with E-state index in [2.05, 4.69) is 20.8 Å². The molecule has 2 unspecified atom stereocenters. The van der Waals surface area contributed by atoms with Crippen LogP contribution in [0.4, 0.5) is 0 Å². The van der Waals surface area contributed by atoms with E-state index in [-0.39, 0.29) is 17.9 Å². The van der Waals surface area contributed by atoms with Gasteiger partial charge in [0.1, 0.15) is 0 Å². The predicted molar refractivity (Wildman–Crippen MR) is 62.2 cm³/mol. The molecule has 2 heterocycles. The molecule has 1 fully saturated rings. The van der Waals surface area contributed by atoms with Crippen molar-refractivity contribution in [3.8, 4) is 0 Å². The molecule has 2 rings (SSSR count). The highest BCUT2D eigenvalue weighted by Crippen LogP contribution is 2.13. The van der Waals surface area contributed by atoms with E-state index in [0.29, 0.717) is 19.8 Å². The van der Waals surface area contributed by atoms with Crippen LogP contribution in [0.15, 0.2) is 12.3 Å². The van der Waals surface area contributed by atoms with Crippen molar-refractivity contribution in [3.63, 3.8) is 0 Å². The van der Waals surface area contributed by atoms with Crippen molar-refractivity contribution in [3.05, 3.63) is 18.0 Å². The number of H-pyrrole nitrogens is 1. The fourth-order valence-electron chi connectivity index (χ4n) is 1.97. The van der Waals surface area contributed by atoms with Gasteiger partial charge in [-0.1, -0.05) is 6.92 Å². The van der Waals surface area contributed by atoms with Crippen molar-refractivity contribution in [2.75, 3.05) is 19.8 Å². The van der Waals surface area contributed by atoms with Gasteiger partial charge in [0.2, 0.25) is 5.91 Å². The Balaban J connectivity index is 1.82. The fourth-order valence-corrected chi connectivity index (χ4v) is 1.97. The van der Waals surface area contributed by atoms with Crippen molar-refractivity contribution < 1.29 is 9.53 Å². The SMILES string of the molecule is CCNC1COCC1C(=O)NCc1ccn[nH]1. The second-order valence-corrected chi connectivity index (χ2v) is 4.11. The third-order valence-electron chi connectivity index (χ3n) is 2.90. The van der Waals surface area contributed by atoms with Gasteiger partial charge in [-0.3, -0.25) is 9.89 Å². The molecule has 0 aromatic carbocycles. The van der Waals surface area contributed by atoms with Crippen LogP contribution >= 0.6 is 0 Å². The van der Waals surface area contributed by atoms with E-state index in [0.717, 1.165) is 12.2 Å². The molecule has 0 spiro atoms. The summed E-state index contributed by atoms with van der Waals surface area (Å²) in [6.45, 7) is 4.45. The zero-order valence-corrected chi connectivity index (χ0v) is 9.90. The fraction of sp³-hybridized carbons (Fsp3) is 0.636. The maximum atomic E-state index is 12.0. The van der Waals surface area contributed by atoms with Gasteiger partial charge in [0.05, 0.1) is 31.4 Å². The van der Waals surface area contributed by atoms with Crippen LogP contribution in [0.5, 0.6) is 0 Å². The first-order chi connectivity index (χ1) is 8.31. The van der Waals surface area contributed by atoms with Crippen molar-refractivity contribution in [2.45, 2.75) is 19.5 Å². The van der Waals surface area contributed by atoms with Gasteiger partial charge in [-0.2, -0.15) is 5.10 Å². The Bertz CT molecular complexity index is 352. The molecule has 1 aromatic rings. The number of carbonyl (C=O) groups excluding carboxylic acids is 1. The van der Waals surface area contributed by atoms with Gasteiger partial charge in [0.25, 0.3) is 0 Å². The number of ether oxygens (including phenoxy) is 1. The van der Waals surface area contributed by atoms with Gasteiger partial charge in [-0.15, -0.1) is 0 Å². The van der Waals surface area contributed by atoms with Gasteiger partial charge in [0, 0.05) is 12.2 Å². The number of hydrogen-bond donors (Lipinski definition) is 3. The van der Waals surface area contributed by atoms with Crippen LogP contribution in [0.3, 0.4) is 0 Å². The first kappa shape index (κ1) is 12.1. The highest BCUT2D eigenvalue weighted by atomic mass is 16.5. The van der Waals surface area contributed by atoms with Gasteiger partial charge >= 0.3 is 0 Å². The summed E-state index contributed by atoms with van der Waals surface area (Å²) < 4.78 is 5.34. The van der Waals surface area contributed by atoms with E-state index in [4.69, 9.17) is 4.74 Å². The van der Waals surface area contributed by atoms with Crippen molar-refractivity contribution >= 4 is 5.91 Å². The number of aromatic nitrogens is 2. The second kappa shape index (κ2) is 5.79. The van der Waals surface area contributed by atoms with E-state index in [1.807, 2.05) is 13.0 Å². The Morgan fingerprint density at radius 1 is 1.65 bits per heavy atom.